The smallest absolute Gasteiger partial charge is 0.188 e. The molecule has 3 aromatic carbocycles. The van der Waals surface area contributed by atoms with Crippen LogP contribution in [-0.4, -0.2) is 12.9 Å². The van der Waals surface area contributed by atoms with E-state index in [0.717, 1.165) is 55.9 Å². The molecule has 5 rings (SSSR count). The Morgan fingerprint density at radius 2 is 1.66 bits per heavy atom. The van der Waals surface area contributed by atoms with Crippen molar-refractivity contribution in [1.82, 2.24) is 5.32 Å². The van der Waals surface area contributed by atoms with Crippen LogP contribution in [0.1, 0.15) is 42.9 Å². The fourth-order valence-corrected chi connectivity index (χ4v) is 5.23. The fraction of sp³-hybridized carbons (Fsp3) is 0.194. The third-order valence-corrected chi connectivity index (χ3v) is 7.36. The molecule has 0 radical (unpaired) electrons. The number of ether oxygens (including phenoxy) is 1. The summed E-state index contributed by atoms with van der Waals surface area (Å²) in [6, 6.07) is 26.4. The number of benzene rings is 3. The number of methoxy groups -OCH3 is 1. The van der Waals surface area contributed by atoms with Crippen LogP contribution in [0.2, 0.25) is 0 Å². The lowest BCUT2D eigenvalue weighted by Gasteiger charge is -2.40. The van der Waals surface area contributed by atoms with E-state index < -0.39 is 0 Å². The average molecular weight is 526 g/mol. The van der Waals surface area contributed by atoms with Gasteiger partial charge in [-0.25, -0.2) is 0 Å². The Hall–Kier alpha value is -3.37. The summed E-state index contributed by atoms with van der Waals surface area (Å²) in [5, 5.41) is 3.63. The molecule has 1 heterocycles. The van der Waals surface area contributed by atoms with Crippen LogP contribution < -0.4 is 10.1 Å². The van der Waals surface area contributed by atoms with E-state index in [-0.39, 0.29) is 17.1 Å². The maximum Gasteiger partial charge on any atom is 0.188 e. The van der Waals surface area contributed by atoms with E-state index in [2.05, 4.69) is 71.5 Å². The number of allylic oxidation sites excluding steroid dienone is 4. The Labute approximate surface area is 215 Å². The molecule has 1 aliphatic carbocycles. The number of hydrogen-bond donors (Lipinski definition) is 1. The molecule has 0 aromatic heterocycles. The highest BCUT2D eigenvalue weighted by Gasteiger charge is 2.42. The lowest BCUT2D eigenvalue weighted by molar-refractivity contribution is -0.113. The Balaban J connectivity index is 1.61. The molecule has 0 fully saturated rings. The zero-order chi connectivity index (χ0) is 24.6. The standard InChI is InChI=1S/C31H28BrNO2/c1-31(2)19-28-29(30(34)26(31)17-20-9-13-23(32)14-10-20)25(21-7-5-4-6-8-21)18-27(33-28)22-11-15-24(35-3)16-12-22/h4-18,25,33H,19H2,1-3H3/b26-17+. The number of rotatable bonds is 4. The van der Waals surface area contributed by atoms with Gasteiger partial charge in [-0.1, -0.05) is 72.2 Å². The summed E-state index contributed by atoms with van der Waals surface area (Å²) < 4.78 is 6.36. The van der Waals surface area contributed by atoms with Crippen molar-refractivity contribution in [3.8, 4) is 5.75 Å². The molecule has 0 saturated heterocycles. The number of ketones is 1. The zero-order valence-corrected chi connectivity index (χ0v) is 21.7. The van der Waals surface area contributed by atoms with E-state index in [1.807, 2.05) is 54.6 Å². The first-order valence-corrected chi connectivity index (χ1v) is 12.6. The number of carbonyl (C=O) groups excluding carboxylic acids is 1. The first kappa shape index (κ1) is 23.4. The van der Waals surface area contributed by atoms with Crippen LogP contribution in [0.4, 0.5) is 0 Å². The normalized spacial score (nSPS) is 20.2. The quantitative estimate of drug-likeness (QED) is 0.358. The van der Waals surface area contributed by atoms with Crippen LogP contribution in [0.15, 0.2) is 106 Å². The molecule has 3 nitrogen and oxygen atoms in total. The van der Waals surface area contributed by atoms with Crippen molar-refractivity contribution in [1.29, 1.82) is 0 Å². The fourth-order valence-electron chi connectivity index (χ4n) is 4.97. The van der Waals surface area contributed by atoms with E-state index >= 15 is 0 Å². The molecule has 1 aliphatic heterocycles. The summed E-state index contributed by atoms with van der Waals surface area (Å²) in [7, 11) is 1.67. The summed E-state index contributed by atoms with van der Waals surface area (Å²) >= 11 is 3.50. The topological polar surface area (TPSA) is 38.3 Å². The highest BCUT2D eigenvalue weighted by Crippen LogP contribution is 2.48. The Kier molecular flexibility index (Phi) is 6.24. The minimum absolute atomic E-state index is 0.116. The number of hydrogen-bond acceptors (Lipinski definition) is 3. The third-order valence-electron chi connectivity index (χ3n) is 6.83. The van der Waals surface area contributed by atoms with Crippen LogP contribution >= 0.6 is 15.9 Å². The number of halogens is 1. The van der Waals surface area contributed by atoms with Crippen LogP contribution in [0.3, 0.4) is 0 Å². The zero-order valence-electron chi connectivity index (χ0n) is 20.1. The monoisotopic (exact) mass is 525 g/mol. The number of nitrogens with one attached hydrogen (secondary N) is 1. The van der Waals surface area contributed by atoms with Gasteiger partial charge in [0.2, 0.25) is 0 Å². The van der Waals surface area contributed by atoms with Crippen molar-refractivity contribution < 1.29 is 9.53 Å². The van der Waals surface area contributed by atoms with E-state index in [0.29, 0.717) is 0 Å². The second kappa shape index (κ2) is 9.35. The number of carbonyl (C=O) groups is 1. The molecule has 0 amide bonds. The van der Waals surface area contributed by atoms with Crippen molar-refractivity contribution in [2.75, 3.05) is 7.11 Å². The van der Waals surface area contributed by atoms with Gasteiger partial charge in [0.05, 0.1) is 7.11 Å². The maximum absolute atomic E-state index is 14.1. The predicted octanol–water partition coefficient (Wildman–Crippen LogP) is 7.52. The molecule has 35 heavy (non-hydrogen) atoms. The van der Waals surface area contributed by atoms with Gasteiger partial charge in [-0.05, 0) is 77.1 Å². The van der Waals surface area contributed by atoms with Crippen LogP contribution in [0, 0.1) is 5.41 Å². The summed E-state index contributed by atoms with van der Waals surface area (Å²) in [4.78, 5) is 14.1. The van der Waals surface area contributed by atoms with Gasteiger partial charge in [0, 0.05) is 32.9 Å². The van der Waals surface area contributed by atoms with Crippen LogP contribution in [0.25, 0.3) is 11.8 Å². The Morgan fingerprint density at radius 1 is 0.971 bits per heavy atom. The van der Waals surface area contributed by atoms with E-state index in [4.69, 9.17) is 4.74 Å². The molecule has 176 valence electrons. The molecule has 0 saturated carbocycles. The Bertz CT molecular complexity index is 1350. The SMILES string of the molecule is COc1ccc(C2=CC(c3ccccc3)C3=C(CC(C)(C)/C(=C/c4ccc(Br)cc4)C3=O)N2)cc1. The van der Waals surface area contributed by atoms with Crippen LogP contribution in [0.5, 0.6) is 5.75 Å². The molecule has 1 atom stereocenters. The molecule has 0 spiro atoms. The summed E-state index contributed by atoms with van der Waals surface area (Å²) in [5.41, 5.74) is 6.63. The molecule has 1 unspecified atom stereocenters. The van der Waals surface area contributed by atoms with Crippen molar-refractivity contribution >= 4 is 33.5 Å². The van der Waals surface area contributed by atoms with Gasteiger partial charge in [0.1, 0.15) is 5.75 Å². The number of Topliss-reactive ketones (excluding diaryl/α,β-unsaturated/α-hetero) is 1. The molecule has 2 aliphatic rings. The molecular weight excluding hydrogens is 498 g/mol. The summed E-state index contributed by atoms with van der Waals surface area (Å²) in [6.45, 7) is 4.31. The minimum atomic E-state index is -0.306. The number of dihydropyridines is 1. The van der Waals surface area contributed by atoms with Crippen molar-refractivity contribution in [2.45, 2.75) is 26.2 Å². The van der Waals surface area contributed by atoms with Crippen molar-refractivity contribution in [3.63, 3.8) is 0 Å². The van der Waals surface area contributed by atoms with Gasteiger partial charge in [-0.3, -0.25) is 4.79 Å². The molecule has 1 N–H and O–H groups in total. The van der Waals surface area contributed by atoms with Crippen LogP contribution in [-0.2, 0) is 4.79 Å². The first-order chi connectivity index (χ1) is 16.9. The molecular formula is C31H28BrNO2. The first-order valence-electron chi connectivity index (χ1n) is 11.8. The van der Waals surface area contributed by atoms with E-state index in [1.54, 1.807) is 7.11 Å². The van der Waals surface area contributed by atoms with Gasteiger partial charge in [0.25, 0.3) is 0 Å². The van der Waals surface area contributed by atoms with Gasteiger partial charge >= 0.3 is 0 Å². The molecule has 0 bridgehead atoms. The Morgan fingerprint density at radius 3 is 2.31 bits per heavy atom. The highest BCUT2D eigenvalue weighted by molar-refractivity contribution is 9.10. The van der Waals surface area contributed by atoms with Gasteiger partial charge in [0.15, 0.2) is 5.78 Å². The lowest BCUT2D eigenvalue weighted by atomic mass is 9.67. The van der Waals surface area contributed by atoms with Gasteiger partial charge in [-0.15, -0.1) is 0 Å². The van der Waals surface area contributed by atoms with E-state index in [1.165, 1.54) is 0 Å². The van der Waals surface area contributed by atoms with Crippen molar-refractivity contribution in [3.05, 3.63) is 123 Å². The summed E-state index contributed by atoms with van der Waals surface area (Å²) in [6.07, 6.45) is 5.00. The summed E-state index contributed by atoms with van der Waals surface area (Å²) in [5.74, 6) is 0.813. The van der Waals surface area contributed by atoms with Gasteiger partial charge in [-0.2, -0.15) is 0 Å². The minimum Gasteiger partial charge on any atom is -0.497 e. The highest BCUT2D eigenvalue weighted by atomic mass is 79.9. The van der Waals surface area contributed by atoms with Crippen molar-refractivity contribution in [2.24, 2.45) is 5.41 Å². The van der Waals surface area contributed by atoms with Gasteiger partial charge < -0.3 is 10.1 Å². The largest absolute Gasteiger partial charge is 0.497 e. The lowest BCUT2D eigenvalue weighted by Crippen LogP contribution is -2.37. The molecule has 4 heteroatoms. The maximum atomic E-state index is 14.1. The second-order valence-corrected chi connectivity index (χ2v) is 10.6. The molecule has 3 aromatic rings. The predicted molar refractivity (Wildman–Crippen MR) is 146 cm³/mol. The average Bonchev–Trinajstić information content (AvgIpc) is 2.87. The van der Waals surface area contributed by atoms with E-state index in [9.17, 15) is 4.79 Å². The second-order valence-electron chi connectivity index (χ2n) is 9.71. The third kappa shape index (κ3) is 4.63.